The van der Waals surface area contributed by atoms with Gasteiger partial charge in [-0.15, -0.1) is 0 Å². The summed E-state index contributed by atoms with van der Waals surface area (Å²) in [5, 5.41) is 0. The van der Waals surface area contributed by atoms with Gasteiger partial charge in [0.25, 0.3) is 0 Å². The Hall–Kier alpha value is -4.33. The minimum atomic E-state index is -1.47. The Morgan fingerprint density at radius 2 is 1.36 bits per heavy atom. The monoisotopic (exact) mass is 492 g/mol. The van der Waals surface area contributed by atoms with Gasteiger partial charge in [-0.25, -0.2) is 0 Å². The molecule has 0 spiro atoms. The van der Waals surface area contributed by atoms with Gasteiger partial charge < -0.3 is 23.7 Å². The fourth-order valence-corrected chi connectivity index (χ4v) is 3.55. The zero-order chi connectivity index (χ0) is 26.1. The molecule has 36 heavy (non-hydrogen) atoms. The Morgan fingerprint density at radius 1 is 0.750 bits per heavy atom. The number of ketones is 1. The lowest BCUT2D eigenvalue weighted by Crippen LogP contribution is -2.35. The lowest BCUT2D eigenvalue weighted by Gasteiger charge is -2.26. The number of ether oxygens (including phenoxy) is 5. The van der Waals surface area contributed by atoms with Crippen molar-refractivity contribution in [1.29, 1.82) is 0 Å². The summed E-state index contributed by atoms with van der Waals surface area (Å²) in [5.74, 6) is -0.669. The predicted octanol–water partition coefficient (Wildman–Crippen LogP) is 4.70. The van der Waals surface area contributed by atoms with Crippen LogP contribution < -0.4 is 14.2 Å². The zero-order valence-corrected chi connectivity index (χ0v) is 20.6. The van der Waals surface area contributed by atoms with Gasteiger partial charge in [-0.05, 0) is 35.4 Å². The van der Waals surface area contributed by atoms with E-state index in [0.29, 0.717) is 17.1 Å². The third-order valence-electron chi connectivity index (χ3n) is 5.25. The maximum absolute atomic E-state index is 13.8. The molecule has 2 unspecified atom stereocenters. The SMILES string of the molecule is COc1ccc(C(OC(C)=O)C(OC(C)=O)C(=O)c2ccc(OC)cc2OCc2ccccc2)cc1. The van der Waals surface area contributed by atoms with Crippen LogP contribution in [0.2, 0.25) is 0 Å². The van der Waals surface area contributed by atoms with Crippen LogP contribution in [0.4, 0.5) is 0 Å². The molecule has 0 aliphatic rings. The molecule has 0 amide bonds. The van der Waals surface area contributed by atoms with E-state index in [1.165, 1.54) is 34.1 Å². The Morgan fingerprint density at radius 3 is 1.94 bits per heavy atom. The molecule has 3 aromatic rings. The van der Waals surface area contributed by atoms with Crippen molar-refractivity contribution >= 4 is 17.7 Å². The van der Waals surface area contributed by atoms with E-state index < -0.39 is 29.9 Å². The Balaban J connectivity index is 2.02. The highest BCUT2D eigenvalue weighted by Crippen LogP contribution is 2.33. The largest absolute Gasteiger partial charge is 0.497 e. The topological polar surface area (TPSA) is 97.4 Å². The molecular formula is C28H28O8. The van der Waals surface area contributed by atoms with Crippen molar-refractivity contribution in [3.8, 4) is 17.2 Å². The van der Waals surface area contributed by atoms with Gasteiger partial charge in [0.2, 0.25) is 11.9 Å². The lowest BCUT2D eigenvalue weighted by molar-refractivity contribution is -0.162. The van der Waals surface area contributed by atoms with Crippen LogP contribution in [0, 0.1) is 0 Å². The lowest BCUT2D eigenvalue weighted by atomic mass is 9.96. The molecule has 0 bridgehead atoms. The minimum absolute atomic E-state index is 0.142. The van der Waals surface area contributed by atoms with Crippen LogP contribution in [0.25, 0.3) is 0 Å². The summed E-state index contributed by atoms with van der Waals surface area (Å²) in [4.78, 5) is 37.8. The second kappa shape index (κ2) is 12.4. The molecule has 8 nitrogen and oxygen atoms in total. The number of hydrogen-bond acceptors (Lipinski definition) is 8. The van der Waals surface area contributed by atoms with E-state index in [1.54, 1.807) is 36.4 Å². The van der Waals surface area contributed by atoms with E-state index in [1.807, 2.05) is 30.3 Å². The number of rotatable bonds is 11. The fraction of sp³-hybridized carbons (Fsp3) is 0.250. The van der Waals surface area contributed by atoms with Gasteiger partial charge in [-0.3, -0.25) is 14.4 Å². The summed E-state index contributed by atoms with van der Waals surface area (Å²) in [6.45, 7) is 2.59. The Labute approximate surface area is 209 Å². The normalized spacial score (nSPS) is 12.1. The van der Waals surface area contributed by atoms with Crippen molar-refractivity contribution in [3.63, 3.8) is 0 Å². The first-order valence-electron chi connectivity index (χ1n) is 11.2. The molecular weight excluding hydrogens is 464 g/mol. The molecule has 0 aromatic heterocycles. The van der Waals surface area contributed by atoms with Crippen molar-refractivity contribution in [3.05, 3.63) is 89.5 Å². The third-order valence-corrected chi connectivity index (χ3v) is 5.25. The minimum Gasteiger partial charge on any atom is -0.497 e. The third kappa shape index (κ3) is 6.85. The van der Waals surface area contributed by atoms with Crippen LogP contribution >= 0.6 is 0 Å². The Kier molecular flexibility index (Phi) is 9.05. The highest BCUT2D eigenvalue weighted by molar-refractivity contribution is 6.03. The van der Waals surface area contributed by atoms with E-state index in [-0.39, 0.29) is 17.9 Å². The number of esters is 2. The average Bonchev–Trinajstić information content (AvgIpc) is 2.89. The van der Waals surface area contributed by atoms with E-state index >= 15 is 0 Å². The number of carbonyl (C=O) groups excluding carboxylic acids is 3. The summed E-state index contributed by atoms with van der Waals surface area (Å²) in [6.07, 6.45) is -2.67. The molecule has 0 aliphatic heterocycles. The van der Waals surface area contributed by atoms with Crippen molar-refractivity contribution in [2.45, 2.75) is 32.7 Å². The van der Waals surface area contributed by atoms with Crippen LogP contribution in [0.5, 0.6) is 17.2 Å². The first-order valence-corrected chi connectivity index (χ1v) is 11.2. The number of hydrogen-bond donors (Lipinski definition) is 0. The predicted molar refractivity (Wildman–Crippen MR) is 131 cm³/mol. The molecule has 0 aliphatic carbocycles. The highest BCUT2D eigenvalue weighted by atomic mass is 16.6. The summed E-state index contributed by atoms with van der Waals surface area (Å²) in [6, 6.07) is 20.7. The van der Waals surface area contributed by atoms with Gasteiger partial charge in [0.05, 0.1) is 19.8 Å². The molecule has 0 heterocycles. The molecule has 0 saturated carbocycles. The molecule has 3 rings (SSSR count). The van der Waals surface area contributed by atoms with Gasteiger partial charge in [-0.2, -0.15) is 0 Å². The second-order valence-corrected chi connectivity index (χ2v) is 7.83. The zero-order valence-electron chi connectivity index (χ0n) is 20.6. The standard InChI is InChI=1S/C28H28O8/c1-18(29)35-27(21-10-12-22(32-3)13-11-21)28(36-19(2)30)26(31)24-15-14-23(33-4)16-25(24)34-17-20-8-6-5-7-9-20/h5-16,27-28H,17H2,1-4H3. The first-order chi connectivity index (χ1) is 17.3. The molecule has 2 atom stereocenters. The van der Waals surface area contributed by atoms with Crippen molar-refractivity contribution in [2.75, 3.05) is 14.2 Å². The van der Waals surface area contributed by atoms with Gasteiger partial charge in [-0.1, -0.05) is 42.5 Å². The van der Waals surface area contributed by atoms with E-state index in [4.69, 9.17) is 23.7 Å². The van der Waals surface area contributed by atoms with Crippen LogP contribution in [0.3, 0.4) is 0 Å². The molecule has 188 valence electrons. The van der Waals surface area contributed by atoms with Gasteiger partial charge in [0, 0.05) is 19.9 Å². The summed E-state index contributed by atoms with van der Waals surface area (Å²) >= 11 is 0. The maximum atomic E-state index is 13.8. The van der Waals surface area contributed by atoms with Crippen LogP contribution in [-0.2, 0) is 25.7 Å². The Bertz CT molecular complexity index is 1190. The van der Waals surface area contributed by atoms with Crippen molar-refractivity contribution in [1.82, 2.24) is 0 Å². The van der Waals surface area contributed by atoms with Crippen LogP contribution in [0.15, 0.2) is 72.8 Å². The van der Waals surface area contributed by atoms with Crippen molar-refractivity contribution < 1.29 is 38.1 Å². The molecule has 0 fully saturated rings. The number of carbonyl (C=O) groups is 3. The van der Waals surface area contributed by atoms with Crippen LogP contribution in [-0.4, -0.2) is 38.0 Å². The molecule has 0 N–H and O–H groups in total. The molecule has 8 heteroatoms. The highest BCUT2D eigenvalue weighted by Gasteiger charge is 2.37. The summed E-state index contributed by atoms with van der Waals surface area (Å²) < 4.78 is 27.4. The fourth-order valence-electron chi connectivity index (χ4n) is 3.55. The van der Waals surface area contributed by atoms with Crippen molar-refractivity contribution in [2.24, 2.45) is 0 Å². The first kappa shape index (κ1) is 26.3. The molecule has 3 aromatic carbocycles. The smallest absolute Gasteiger partial charge is 0.303 e. The summed E-state index contributed by atoms with van der Waals surface area (Å²) in [5.41, 5.74) is 1.49. The van der Waals surface area contributed by atoms with E-state index in [9.17, 15) is 14.4 Å². The number of benzene rings is 3. The van der Waals surface area contributed by atoms with Gasteiger partial charge in [0.1, 0.15) is 23.9 Å². The van der Waals surface area contributed by atoms with E-state index in [0.717, 1.165) is 5.56 Å². The average molecular weight is 493 g/mol. The quantitative estimate of drug-likeness (QED) is 0.281. The molecule has 0 saturated heterocycles. The molecule has 0 radical (unpaired) electrons. The maximum Gasteiger partial charge on any atom is 0.303 e. The number of Topliss-reactive ketones (excluding diaryl/α,β-unsaturated/α-hetero) is 1. The van der Waals surface area contributed by atoms with Crippen LogP contribution in [0.1, 0.15) is 41.4 Å². The van der Waals surface area contributed by atoms with E-state index in [2.05, 4.69) is 0 Å². The second-order valence-electron chi connectivity index (χ2n) is 7.83. The van der Waals surface area contributed by atoms with Gasteiger partial charge in [0.15, 0.2) is 6.10 Å². The van der Waals surface area contributed by atoms with Gasteiger partial charge >= 0.3 is 11.9 Å². The number of methoxy groups -OCH3 is 2. The summed E-state index contributed by atoms with van der Waals surface area (Å²) in [7, 11) is 3.02.